The quantitative estimate of drug-likeness (QED) is 0.517. The maximum absolute atomic E-state index is 8.64. The van der Waals surface area contributed by atoms with Crippen LogP contribution in [0, 0.1) is 11.3 Å². The zero-order chi connectivity index (χ0) is 9.68. The van der Waals surface area contributed by atoms with Gasteiger partial charge >= 0.3 is 0 Å². The van der Waals surface area contributed by atoms with E-state index in [1.165, 1.54) is 6.33 Å². The SMILES string of the molecule is CCCN=C(N)c1[nH]cnc1C#N. The number of nitrogens with zero attached hydrogens (tertiary/aromatic N) is 3. The number of aromatic amines is 1. The predicted molar refractivity (Wildman–Crippen MR) is 49.2 cm³/mol. The molecule has 0 unspecified atom stereocenters. The molecular formula is C8H11N5. The number of aromatic nitrogens is 2. The Morgan fingerprint density at radius 3 is 3.23 bits per heavy atom. The van der Waals surface area contributed by atoms with E-state index in [0.717, 1.165) is 6.42 Å². The van der Waals surface area contributed by atoms with E-state index >= 15 is 0 Å². The Balaban J connectivity index is 2.89. The van der Waals surface area contributed by atoms with Crippen molar-refractivity contribution in [2.45, 2.75) is 13.3 Å². The molecule has 13 heavy (non-hydrogen) atoms. The van der Waals surface area contributed by atoms with Crippen LogP contribution in [0.15, 0.2) is 11.3 Å². The van der Waals surface area contributed by atoms with Crippen LogP contribution in [0.2, 0.25) is 0 Å². The molecule has 68 valence electrons. The molecule has 0 amide bonds. The lowest BCUT2D eigenvalue weighted by molar-refractivity contribution is 0.929. The molecule has 0 aliphatic rings. The number of nitrogens with two attached hydrogens (primary N) is 1. The first kappa shape index (κ1) is 9.26. The summed E-state index contributed by atoms with van der Waals surface area (Å²) in [6.07, 6.45) is 2.36. The summed E-state index contributed by atoms with van der Waals surface area (Å²) < 4.78 is 0. The first-order chi connectivity index (χ1) is 6.29. The monoisotopic (exact) mass is 177 g/mol. The first-order valence-corrected chi connectivity index (χ1v) is 4.03. The Morgan fingerprint density at radius 2 is 2.62 bits per heavy atom. The molecule has 0 aliphatic heterocycles. The number of imidazole rings is 1. The number of nitriles is 1. The Hall–Kier alpha value is -1.83. The minimum absolute atomic E-state index is 0.289. The van der Waals surface area contributed by atoms with Crippen LogP contribution in [0.1, 0.15) is 24.7 Å². The molecule has 1 rings (SSSR count). The third-order valence-electron chi connectivity index (χ3n) is 1.51. The Morgan fingerprint density at radius 1 is 1.85 bits per heavy atom. The summed E-state index contributed by atoms with van der Waals surface area (Å²) >= 11 is 0. The van der Waals surface area contributed by atoms with Gasteiger partial charge in [0.1, 0.15) is 17.6 Å². The Bertz CT molecular complexity index is 344. The molecule has 0 atom stereocenters. The van der Waals surface area contributed by atoms with Crippen LogP contribution in [-0.4, -0.2) is 22.3 Å². The average Bonchev–Trinajstić information content (AvgIpc) is 2.61. The number of aliphatic imine (C=N–C) groups is 1. The van der Waals surface area contributed by atoms with Crippen molar-refractivity contribution in [1.82, 2.24) is 9.97 Å². The number of hydrogen-bond donors (Lipinski definition) is 2. The van der Waals surface area contributed by atoms with Crippen LogP contribution in [-0.2, 0) is 0 Å². The second-order valence-corrected chi connectivity index (χ2v) is 2.50. The number of rotatable bonds is 3. The Kier molecular flexibility index (Phi) is 3.03. The van der Waals surface area contributed by atoms with E-state index in [-0.39, 0.29) is 5.69 Å². The van der Waals surface area contributed by atoms with Gasteiger partial charge in [0.2, 0.25) is 0 Å². The number of hydrogen-bond acceptors (Lipinski definition) is 3. The van der Waals surface area contributed by atoms with Crippen LogP contribution < -0.4 is 5.73 Å². The zero-order valence-electron chi connectivity index (χ0n) is 7.41. The highest BCUT2D eigenvalue weighted by molar-refractivity contribution is 5.97. The van der Waals surface area contributed by atoms with Crippen molar-refractivity contribution >= 4 is 5.84 Å². The molecule has 0 saturated carbocycles. The molecular weight excluding hydrogens is 166 g/mol. The molecule has 1 aromatic rings. The minimum Gasteiger partial charge on any atom is -0.382 e. The topological polar surface area (TPSA) is 90.8 Å². The van der Waals surface area contributed by atoms with Gasteiger partial charge in [0.25, 0.3) is 0 Å². The van der Waals surface area contributed by atoms with Gasteiger partial charge in [-0.2, -0.15) is 5.26 Å². The standard InChI is InChI=1S/C8H11N5/c1-2-3-11-8(10)7-6(4-9)12-5-13-7/h5H,2-3H2,1H3,(H2,10,11)(H,12,13). The van der Waals surface area contributed by atoms with Crippen LogP contribution in [0.4, 0.5) is 0 Å². The molecule has 1 aromatic heterocycles. The molecule has 0 aromatic carbocycles. The van der Waals surface area contributed by atoms with E-state index in [1.807, 2.05) is 13.0 Å². The molecule has 0 bridgehead atoms. The van der Waals surface area contributed by atoms with E-state index in [2.05, 4.69) is 15.0 Å². The second-order valence-electron chi connectivity index (χ2n) is 2.50. The summed E-state index contributed by atoms with van der Waals surface area (Å²) in [7, 11) is 0. The Labute approximate surface area is 76.3 Å². The molecule has 0 fully saturated rings. The van der Waals surface area contributed by atoms with Gasteiger partial charge in [0.05, 0.1) is 6.33 Å². The number of amidine groups is 1. The van der Waals surface area contributed by atoms with Crippen LogP contribution >= 0.6 is 0 Å². The highest BCUT2D eigenvalue weighted by Crippen LogP contribution is 1.99. The van der Waals surface area contributed by atoms with Crippen molar-refractivity contribution in [3.05, 3.63) is 17.7 Å². The summed E-state index contributed by atoms with van der Waals surface area (Å²) in [5.74, 6) is 0.343. The zero-order valence-corrected chi connectivity index (χ0v) is 7.41. The molecule has 0 spiro atoms. The fourth-order valence-corrected chi connectivity index (χ4v) is 0.886. The maximum Gasteiger partial charge on any atom is 0.169 e. The van der Waals surface area contributed by atoms with E-state index in [9.17, 15) is 0 Å². The van der Waals surface area contributed by atoms with Crippen molar-refractivity contribution in [3.63, 3.8) is 0 Å². The van der Waals surface area contributed by atoms with E-state index < -0.39 is 0 Å². The van der Waals surface area contributed by atoms with Gasteiger partial charge < -0.3 is 10.7 Å². The molecule has 0 saturated heterocycles. The number of H-pyrrole nitrogens is 1. The molecule has 5 heteroatoms. The minimum atomic E-state index is 0.289. The summed E-state index contributed by atoms with van der Waals surface area (Å²) in [6.45, 7) is 2.67. The third-order valence-corrected chi connectivity index (χ3v) is 1.51. The van der Waals surface area contributed by atoms with Gasteiger partial charge in [0, 0.05) is 6.54 Å². The van der Waals surface area contributed by atoms with Crippen molar-refractivity contribution in [3.8, 4) is 6.07 Å². The highest BCUT2D eigenvalue weighted by Gasteiger charge is 2.07. The van der Waals surface area contributed by atoms with E-state index in [1.54, 1.807) is 0 Å². The highest BCUT2D eigenvalue weighted by atomic mass is 15.0. The lowest BCUT2D eigenvalue weighted by Crippen LogP contribution is -2.15. The average molecular weight is 177 g/mol. The molecule has 0 aliphatic carbocycles. The smallest absolute Gasteiger partial charge is 0.169 e. The van der Waals surface area contributed by atoms with E-state index in [4.69, 9.17) is 11.0 Å². The third kappa shape index (κ3) is 2.06. The molecule has 1 heterocycles. The fraction of sp³-hybridized carbons (Fsp3) is 0.375. The van der Waals surface area contributed by atoms with Crippen LogP contribution in [0.25, 0.3) is 0 Å². The number of nitrogens with one attached hydrogen (secondary N) is 1. The first-order valence-electron chi connectivity index (χ1n) is 4.03. The fourth-order valence-electron chi connectivity index (χ4n) is 0.886. The van der Waals surface area contributed by atoms with Crippen molar-refractivity contribution in [2.24, 2.45) is 10.7 Å². The molecule has 5 nitrogen and oxygen atoms in total. The van der Waals surface area contributed by atoms with Crippen LogP contribution in [0.5, 0.6) is 0 Å². The van der Waals surface area contributed by atoms with Crippen molar-refractivity contribution in [2.75, 3.05) is 6.54 Å². The van der Waals surface area contributed by atoms with Crippen molar-refractivity contribution in [1.29, 1.82) is 5.26 Å². The molecule has 3 N–H and O–H groups in total. The summed E-state index contributed by atoms with van der Waals surface area (Å²) in [6, 6.07) is 1.93. The largest absolute Gasteiger partial charge is 0.382 e. The van der Waals surface area contributed by atoms with Gasteiger partial charge in [-0.25, -0.2) is 4.98 Å². The van der Waals surface area contributed by atoms with Crippen LogP contribution in [0.3, 0.4) is 0 Å². The van der Waals surface area contributed by atoms with Gasteiger partial charge in [-0.15, -0.1) is 0 Å². The van der Waals surface area contributed by atoms with Gasteiger partial charge in [-0.1, -0.05) is 6.92 Å². The van der Waals surface area contributed by atoms with Gasteiger partial charge in [0.15, 0.2) is 5.69 Å². The summed E-state index contributed by atoms with van der Waals surface area (Å²) in [5.41, 5.74) is 6.43. The second kappa shape index (κ2) is 4.26. The molecule has 0 radical (unpaired) electrons. The van der Waals surface area contributed by atoms with Gasteiger partial charge in [-0.05, 0) is 6.42 Å². The van der Waals surface area contributed by atoms with Crippen molar-refractivity contribution < 1.29 is 0 Å². The normalized spacial score (nSPS) is 11.2. The van der Waals surface area contributed by atoms with E-state index in [0.29, 0.717) is 18.1 Å². The van der Waals surface area contributed by atoms with Gasteiger partial charge in [-0.3, -0.25) is 4.99 Å². The lowest BCUT2D eigenvalue weighted by Gasteiger charge is -1.96. The maximum atomic E-state index is 8.64. The summed E-state index contributed by atoms with van der Waals surface area (Å²) in [5, 5.41) is 8.64. The summed E-state index contributed by atoms with van der Waals surface area (Å²) in [4.78, 5) is 10.6. The lowest BCUT2D eigenvalue weighted by atomic mass is 10.3. The predicted octanol–water partition coefficient (Wildman–Crippen LogP) is 0.397.